The third-order valence-corrected chi connectivity index (χ3v) is 8.03. The molecule has 0 aliphatic heterocycles. The summed E-state index contributed by atoms with van der Waals surface area (Å²) < 4.78 is 15.3. The number of thiazole rings is 2. The molecule has 0 bridgehead atoms. The highest BCUT2D eigenvalue weighted by molar-refractivity contribution is 7.09. The Morgan fingerprint density at radius 2 is 0.906 bits per heavy atom. The molecule has 32 heavy (non-hydrogen) atoms. The molecule has 0 unspecified atom stereocenters. The van der Waals surface area contributed by atoms with Crippen LogP contribution in [0.25, 0.3) is 0 Å². The average Bonchev–Trinajstić information content (AvgIpc) is 3.26. The van der Waals surface area contributed by atoms with Crippen molar-refractivity contribution in [3.8, 4) is 0 Å². The van der Waals surface area contributed by atoms with Crippen LogP contribution >= 0.6 is 22.7 Å². The number of halogens is 2. The van der Waals surface area contributed by atoms with Crippen molar-refractivity contribution in [3.05, 3.63) is 32.2 Å². The van der Waals surface area contributed by atoms with Gasteiger partial charge in [0.1, 0.15) is 22.8 Å². The highest BCUT2D eigenvalue weighted by Gasteiger charge is 2.15. The van der Waals surface area contributed by atoms with Crippen molar-refractivity contribution in [2.45, 2.75) is 104 Å². The van der Waals surface area contributed by atoms with Crippen LogP contribution in [-0.4, -0.2) is 14.2 Å². The number of aromatic nitrogens is 2. The largest absolute Gasteiger partial charge is 1.00 e. The molecule has 0 aliphatic carbocycles. The van der Waals surface area contributed by atoms with Gasteiger partial charge in [0.2, 0.25) is 11.0 Å². The summed E-state index contributed by atoms with van der Waals surface area (Å²) in [4.78, 5) is 2.72. The van der Waals surface area contributed by atoms with Gasteiger partial charge in [0.05, 0.1) is 13.2 Å². The normalized spacial score (nSPS) is 10.8. The molecule has 0 amide bonds. The van der Waals surface area contributed by atoms with Crippen LogP contribution in [0.3, 0.4) is 0 Å². The van der Waals surface area contributed by atoms with Crippen molar-refractivity contribution in [1.82, 2.24) is 0 Å². The van der Waals surface area contributed by atoms with Gasteiger partial charge in [-0.05, 0) is 12.8 Å². The minimum absolute atomic E-state index is 0. The molecule has 0 aliphatic rings. The van der Waals surface area contributed by atoms with Gasteiger partial charge in [-0.1, -0.05) is 61.2 Å². The highest BCUT2D eigenvalue weighted by atomic mass is 127. The molecule has 2 rings (SSSR count). The summed E-state index contributed by atoms with van der Waals surface area (Å²) in [6.45, 7) is 8.21. The summed E-state index contributed by atoms with van der Waals surface area (Å²) in [7, 11) is 3.54. The van der Waals surface area contributed by atoms with Gasteiger partial charge in [-0.3, -0.25) is 0 Å². The van der Waals surface area contributed by atoms with Crippen LogP contribution in [0.5, 0.6) is 0 Å². The van der Waals surface area contributed by atoms with E-state index in [1.165, 1.54) is 85.4 Å². The first-order chi connectivity index (χ1) is 14.7. The number of hydrogen-bond acceptors (Lipinski definition) is 4. The van der Waals surface area contributed by atoms with Gasteiger partial charge >= 0.3 is 0 Å². The van der Waals surface area contributed by atoms with Gasteiger partial charge in [-0.25, -0.2) is 0 Å². The Hall–Kier alpha value is 0.640. The van der Waals surface area contributed by atoms with Crippen LogP contribution < -0.4 is 57.1 Å². The Balaban J connectivity index is 0.00000480. The molecule has 2 aromatic heterocycles. The molecule has 4 nitrogen and oxygen atoms in total. The number of unbranched alkanes of at least 4 members (excludes halogenated alkanes) is 9. The minimum atomic E-state index is 0. The van der Waals surface area contributed by atoms with E-state index in [0.717, 1.165) is 26.3 Å². The molecule has 186 valence electrons. The van der Waals surface area contributed by atoms with Gasteiger partial charge in [-0.2, -0.15) is 9.13 Å². The molecule has 2 heterocycles. The van der Waals surface area contributed by atoms with Crippen LogP contribution in [0.2, 0.25) is 0 Å². The summed E-state index contributed by atoms with van der Waals surface area (Å²) in [5.41, 5.74) is 7.26. The zero-order chi connectivity index (χ0) is 21.6. The number of methoxy groups -OCH3 is 2. The van der Waals surface area contributed by atoms with Crippen LogP contribution in [-0.2, 0) is 35.8 Å². The fourth-order valence-electron chi connectivity index (χ4n) is 3.86. The maximum Gasteiger partial charge on any atom is 0.225 e. The molecular weight excluding hydrogens is 666 g/mol. The van der Waals surface area contributed by atoms with E-state index >= 15 is 0 Å². The topological polar surface area (TPSA) is 26.2 Å². The quantitative estimate of drug-likeness (QED) is 0.131. The molecule has 0 spiro atoms. The van der Waals surface area contributed by atoms with Crippen LogP contribution in [0, 0.1) is 13.8 Å². The van der Waals surface area contributed by atoms with E-state index in [2.05, 4.69) is 34.0 Å². The first kappa shape index (κ1) is 32.6. The lowest BCUT2D eigenvalue weighted by Gasteiger charge is -2.02. The molecule has 2 aromatic rings. The first-order valence-corrected chi connectivity index (χ1v) is 13.3. The lowest BCUT2D eigenvalue weighted by atomic mass is 10.1. The smallest absolute Gasteiger partial charge is 0.225 e. The number of hydrogen-bond donors (Lipinski definition) is 0. The van der Waals surface area contributed by atoms with Gasteiger partial charge in [0.15, 0.2) is 11.4 Å². The Morgan fingerprint density at radius 3 is 1.22 bits per heavy atom. The predicted molar refractivity (Wildman–Crippen MR) is 126 cm³/mol. The standard InChI is InChI=1S/C24H42N2O2S2.2HI/c1-21-23(17-27-3)29-19-25(21)15-13-11-9-7-5-6-8-10-12-14-16-26-20-30-24(18-28-4)22(26)2;;/h19-20H,5-18H2,1-4H3;2*1H/q+2;;/p-2. The zero-order valence-corrected chi connectivity index (χ0v) is 26.3. The number of nitrogens with zero attached hydrogens (tertiary/aromatic N) is 2. The second-order valence-electron chi connectivity index (χ2n) is 8.25. The van der Waals surface area contributed by atoms with E-state index < -0.39 is 0 Å². The lowest BCUT2D eigenvalue weighted by molar-refractivity contribution is -0.698. The van der Waals surface area contributed by atoms with Crippen LogP contribution in [0.4, 0.5) is 0 Å². The summed E-state index contributed by atoms with van der Waals surface area (Å²) in [5, 5.41) is 0. The number of rotatable bonds is 17. The lowest BCUT2D eigenvalue weighted by Crippen LogP contribution is -3.00. The second-order valence-corrected chi connectivity index (χ2v) is 10.1. The molecule has 0 radical (unpaired) electrons. The molecule has 8 heteroatoms. The Labute approximate surface area is 238 Å². The average molecular weight is 709 g/mol. The van der Waals surface area contributed by atoms with Gasteiger partial charge in [0.25, 0.3) is 0 Å². The van der Waals surface area contributed by atoms with E-state index in [0.29, 0.717) is 0 Å². The van der Waals surface area contributed by atoms with Crippen molar-refractivity contribution in [1.29, 1.82) is 0 Å². The zero-order valence-electron chi connectivity index (χ0n) is 20.3. The summed E-state index contributed by atoms with van der Waals surface area (Å²) in [5.74, 6) is 0. The van der Waals surface area contributed by atoms with E-state index in [1.54, 1.807) is 14.2 Å². The fourth-order valence-corrected chi connectivity index (χ4v) is 5.85. The molecular formula is C24H42I2N2O2S2. The number of ether oxygens (including phenoxy) is 2. The Kier molecular flexibility index (Phi) is 20.3. The van der Waals surface area contributed by atoms with E-state index in [-0.39, 0.29) is 48.0 Å². The molecule has 0 fully saturated rings. The maximum atomic E-state index is 5.26. The predicted octanol–water partition coefficient (Wildman–Crippen LogP) is -0.0966. The SMILES string of the molecule is COCc1sc[n+](CCCCCCCCCCCC[n+]2csc(COC)c2C)c1C.[I-].[I-]. The van der Waals surface area contributed by atoms with Gasteiger partial charge < -0.3 is 57.4 Å². The fraction of sp³-hybridized carbons (Fsp3) is 0.750. The Bertz CT molecular complexity index is 663. The minimum Gasteiger partial charge on any atom is -1.00 e. The Morgan fingerprint density at radius 1 is 0.594 bits per heavy atom. The van der Waals surface area contributed by atoms with E-state index in [1.807, 2.05) is 22.7 Å². The third kappa shape index (κ3) is 11.9. The van der Waals surface area contributed by atoms with E-state index in [4.69, 9.17) is 9.47 Å². The van der Waals surface area contributed by atoms with Crippen molar-refractivity contribution >= 4 is 22.7 Å². The van der Waals surface area contributed by atoms with Gasteiger partial charge in [-0.15, -0.1) is 0 Å². The summed E-state index contributed by atoms with van der Waals surface area (Å²) in [6, 6.07) is 0. The molecule has 0 saturated heterocycles. The van der Waals surface area contributed by atoms with Crippen LogP contribution in [0.15, 0.2) is 11.0 Å². The number of aryl methyl sites for hydroxylation is 2. The molecule has 0 atom stereocenters. The summed E-state index contributed by atoms with van der Waals surface area (Å²) >= 11 is 3.64. The second kappa shape index (κ2) is 19.9. The van der Waals surface area contributed by atoms with Crippen LogP contribution in [0.1, 0.15) is 85.4 Å². The molecule has 0 saturated carbocycles. The maximum absolute atomic E-state index is 5.26. The first-order valence-electron chi connectivity index (χ1n) is 11.6. The van der Waals surface area contributed by atoms with Crippen molar-refractivity contribution in [2.75, 3.05) is 14.2 Å². The van der Waals surface area contributed by atoms with Crippen molar-refractivity contribution in [3.63, 3.8) is 0 Å². The third-order valence-electron chi connectivity index (χ3n) is 5.91. The molecule has 0 aromatic carbocycles. The monoisotopic (exact) mass is 708 g/mol. The van der Waals surface area contributed by atoms with Crippen molar-refractivity contribution in [2.24, 2.45) is 0 Å². The van der Waals surface area contributed by atoms with E-state index in [9.17, 15) is 0 Å². The van der Waals surface area contributed by atoms with Gasteiger partial charge in [0, 0.05) is 40.9 Å². The molecule has 0 N–H and O–H groups in total. The van der Waals surface area contributed by atoms with Crippen molar-refractivity contribution < 1.29 is 66.6 Å². The summed E-state index contributed by atoms with van der Waals surface area (Å²) in [6.07, 6.45) is 13.7. The highest BCUT2D eigenvalue weighted by Crippen LogP contribution is 2.15.